The largest absolute Gasteiger partial charge is 0.480 e. The molecule has 0 saturated heterocycles. The van der Waals surface area contributed by atoms with Gasteiger partial charge >= 0.3 is 5.97 Å². The van der Waals surface area contributed by atoms with Gasteiger partial charge in [0.1, 0.15) is 12.1 Å². The van der Waals surface area contributed by atoms with Gasteiger partial charge in [0, 0.05) is 0 Å². The van der Waals surface area contributed by atoms with Crippen LogP contribution in [0.25, 0.3) is 0 Å². The second-order valence-corrected chi connectivity index (χ2v) is 5.84. The molecule has 2 amide bonds. The van der Waals surface area contributed by atoms with E-state index < -0.39 is 29.9 Å². The van der Waals surface area contributed by atoms with Gasteiger partial charge in [-0.3, -0.25) is 14.4 Å². The zero-order valence-corrected chi connectivity index (χ0v) is 12.9. The second kappa shape index (κ2) is 9.10. The summed E-state index contributed by atoms with van der Waals surface area (Å²) >= 11 is 0. The number of nitrogens with one attached hydrogen (secondary N) is 2. The van der Waals surface area contributed by atoms with Gasteiger partial charge in [0.25, 0.3) is 5.91 Å². The SMILES string of the molecule is CC(C)CC(NC(=O)C(CC(C)C)NC(=O)C=O)C(=O)O. The molecule has 2 atom stereocenters. The number of carbonyl (C=O) groups excluding carboxylic acids is 3. The summed E-state index contributed by atoms with van der Waals surface area (Å²) in [5.74, 6) is -2.42. The average molecular weight is 300 g/mol. The van der Waals surface area contributed by atoms with Crippen LogP contribution in [0.5, 0.6) is 0 Å². The molecule has 0 saturated carbocycles. The lowest BCUT2D eigenvalue weighted by molar-refractivity contribution is -0.143. The Hall–Kier alpha value is -1.92. The van der Waals surface area contributed by atoms with Crippen LogP contribution in [0.1, 0.15) is 40.5 Å². The lowest BCUT2D eigenvalue weighted by Gasteiger charge is -2.22. The Bertz CT molecular complexity index is 393. The molecule has 0 rings (SSSR count). The molecule has 0 aromatic rings. The summed E-state index contributed by atoms with van der Waals surface area (Å²) in [7, 11) is 0. The molecule has 0 aliphatic carbocycles. The Morgan fingerprint density at radius 1 is 0.952 bits per heavy atom. The third-order valence-corrected chi connectivity index (χ3v) is 2.77. The smallest absolute Gasteiger partial charge is 0.326 e. The molecule has 0 radical (unpaired) electrons. The van der Waals surface area contributed by atoms with Crippen LogP contribution in [0.4, 0.5) is 0 Å². The Morgan fingerprint density at radius 2 is 1.43 bits per heavy atom. The number of rotatable bonds is 9. The predicted octanol–water partition coefficient (Wildman–Crippen LogP) is 0.332. The van der Waals surface area contributed by atoms with Gasteiger partial charge in [0.15, 0.2) is 0 Å². The minimum absolute atomic E-state index is 0.0867. The van der Waals surface area contributed by atoms with Crippen molar-refractivity contribution in [3.05, 3.63) is 0 Å². The second-order valence-electron chi connectivity index (χ2n) is 5.84. The highest BCUT2D eigenvalue weighted by molar-refractivity contribution is 6.24. The summed E-state index contributed by atoms with van der Waals surface area (Å²) in [6.07, 6.45) is 0.694. The van der Waals surface area contributed by atoms with Crippen molar-refractivity contribution in [3.63, 3.8) is 0 Å². The summed E-state index contributed by atoms with van der Waals surface area (Å²) in [5, 5.41) is 13.8. The first-order chi connectivity index (χ1) is 9.67. The fraction of sp³-hybridized carbons (Fsp3) is 0.714. The van der Waals surface area contributed by atoms with E-state index in [0.717, 1.165) is 0 Å². The van der Waals surface area contributed by atoms with Gasteiger partial charge in [-0.25, -0.2) is 4.79 Å². The lowest BCUT2D eigenvalue weighted by Crippen LogP contribution is -2.52. The van der Waals surface area contributed by atoms with Crippen LogP contribution in [0, 0.1) is 11.8 Å². The van der Waals surface area contributed by atoms with Crippen LogP contribution in [-0.2, 0) is 19.2 Å². The van der Waals surface area contributed by atoms with Gasteiger partial charge in [0.05, 0.1) is 0 Å². The monoisotopic (exact) mass is 300 g/mol. The quantitative estimate of drug-likeness (QED) is 0.419. The van der Waals surface area contributed by atoms with E-state index in [9.17, 15) is 19.2 Å². The van der Waals surface area contributed by atoms with Gasteiger partial charge in [-0.05, 0) is 24.7 Å². The molecule has 2 unspecified atom stereocenters. The average Bonchev–Trinajstić information content (AvgIpc) is 2.35. The van der Waals surface area contributed by atoms with Crippen LogP contribution in [0.15, 0.2) is 0 Å². The highest BCUT2D eigenvalue weighted by Crippen LogP contribution is 2.08. The van der Waals surface area contributed by atoms with E-state index in [-0.39, 0.29) is 24.5 Å². The Labute approximate surface area is 124 Å². The van der Waals surface area contributed by atoms with E-state index in [4.69, 9.17) is 5.11 Å². The van der Waals surface area contributed by atoms with Gasteiger partial charge in [-0.1, -0.05) is 27.7 Å². The predicted molar refractivity (Wildman–Crippen MR) is 76.5 cm³/mol. The molecule has 7 nitrogen and oxygen atoms in total. The molecule has 0 aromatic carbocycles. The molecule has 0 heterocycles. The Morgan fingerprint density at radius 3 is 1.81 bits per heavy atom. The first kappa shape index (κ1) is 19.1. The van der Waals surface area contributed by atoms with Gasteiger partial charge in [0.2, 0.25) is 12.2 Å². The van der Waals surface area contributed by atoms with Crippen LogP contribution in [0.3, 0.4) is 0 Å². The summed E-state index contributed by atoms with van der Waals surface area (Å²) in [6.45, 7) is 7.41. The van der Waals surface area contributed by atoms with E-state index in [0.29, 0.717) is 6.42 Å². The third kappa shape index (κ3) is 8.06. The molecule has 0 fully saturated rings. The van der Waals surface area contributed by atoms with Crippen molar-refractivity contribution in [2.75, 3.05) is 0 Å². The maximum absolute atomic E-state index is 12.1. The minimum Gasteiger partial charge on any atom is -0.480 e. The van der Waals surface area contributed by atoms with Crippen molar-refractivity contribution < 1.29 is 24.3 Å². The number of hydrogen-bond donors (Lipinski definition) is 3. The van der Waals surface area contributed by atoms with Crippen molar-refractivity contribution in [2.45, 2.75) is 52.6 Å². The number of aliphatic carboxylic acids is 1. The molecule has 120 valence electrons. The number of carboxylic acid groups (broad SMARTS) is 1. The normalized spacial score (nSPS) is 13.6. The Kier molecular flexibility index (Phi) is 8.26. The maximum Gasteiger partial charge on any atom is 0.326 e. The van der Waals surface area contributed by atoms with E-state index in [1.54, 1.807) is 0 Å². The van der Waals surface area contributed by atoms with Crippen LogP contribution in [0.2, 0.25) is 0 Å². The topological polar surface area (TPSA) is 113 Å². The van der Waals surface area contributed by atoms with E-state index in [2.05, 4.69) is 10.6 Å². The zero-order chi connectivity index (χ0) is 16.6. The van der Waals surface area contributed by atoms with E-state index in [1.807, 2.05) is 27.7 Å². The molecule has 7 heteroatoms. The van der Waals surface area contributed by atoms with Crippen molar-refractivity contribution >= 4 is 24.1 Å². The molecule has 0 aliphatic rings. The van der Waals surface area contributed by atoms with Gasteiger partial charge in [-0.15, -0.1) is 0 Å². The summed E-state index contributed by atoms with van der Waals surface area (Å²) < 4.78 is 0. The number of aldehydes is 1. The fourth-order valence-electron chi connectivity index (χ4n) is 1.87. The molecular weight excluding hydrogens is 276 g/mol. The summed E-state index contributed by atoms with van der Waals surface area (Å²) in [6, 6.07) is -1.93. The number of hydrogen-bond acceptors (Lipinski definition) is 4. The van der Waals surface area contributed by atoms with Crippen LogP contribution >= 0.6 is 0 Å². The minimum atomic E-state index is -1.12. The van der Waals surface area contributed by atoms with Gasteiger partial charge in [-0.2, -0.15) is 0 Å². The molecule has 0 spiro atoms. The standard InChI is InChI=1S/C14H24N2O5/c1-8(2)5-10(15-12(18)7-17)13(19)16-11(14(20)21)6-9(3)4/h7-11H,5-6H2,1-4H3,(H,15,18)(H,16,19)(H,20,21). The number of amides is 2. The molecule has 3 N–H and O–H groups in total. The molecule has 0 aliphatic heterocycles. The molecule has 21 heavy (non-hydrogen) atoms. The highest BCUT2D eigenvalue weighted by Gasteiger charge is 2.27. The highest BCUT2D eigenvalue weighted by atomic mass is 16.4. The summed E-state index contributed by atoms with van der Waals surface area (Å²) in [4.78, 5) is 44.8. The lowest BCUT2D eigenvalue weighted by atomic mass is 10.0. The number of carboxylic acids is 1. The zero-order valence-electron chi connectivity index (χ0n) is 12.9. The summed E-state index contributed by atoms with van der Waals surface area (Å²) in [5.41, 5.74) is 0. The first-order valence-corrected chi connectivity index (χ1v) is 6.96. The van der Waals surface area contributed by atoms with E-state index in [1.165, 1.54) is 0 Å². The van der Waals surface area contributed by atoms with Crippen LogP contribution in [-0.4, -0.2) is 41.3 Å². The maximum atomic E-state index is 12.1. The number of carbonyl (C=O) groups is 4. The molecule has 0 bridgehead atoms. The third-order valence-electron chi connectivity index (χ3n) is 2.77. The molecule has 0 aromatic heterocycles. The van der Waals surface area contributed by atoms with Crippen molar-refractivity contribution in [1.29, 1.82) is 0 Å². The van der Waals surface area contributed by atoms with Crippen molar-refractivity contribution in [2.24, 2.45) is 11.8 Å². The van der Waals surface area contributed by atoms with Crippen molar-refractivity contribution in [1.82, 2.24) is 10.6 Å². The van der Waals surface area contributed by atoms with Crippen LogP contribution < -0.4 is 10.6 Å². The van der Waals surface area contributed by atoms with Gasteiger partial charge < -0.3 is 15.7 Å². The van der Waals surface area contributed by atoms with E-state index >= 15 is 0 Å². The first-order valence-electron chi connectivity index (χ1n) is 6.96. The molecular formula is C14H24N2O5. The fourth-order valence-corrected chi connectivity index (χ4v) is 1.87. The van der Waals surface area contributed by atoms with Crippen molar-refractivity contribution in [3.8, 4) is 0 Å². The Balaban J connectivity index is 4.87.